The Labute approximate surface area is 133 Å². The van der Waals surface area contributed by atoms with E-state index in [0.29, 0.717) is 5.56 Å². The van der Waals surface area contributed by atoms with Crippen molar-refractivity contribution in [1.29, 1.82) is 0 Å². The molecule has 1 aromatic rings. The number of benzene rings is 1. The van der Waals surface area contributed by atoms with Gasteiger partial charge >= 0.3 is 5.97 Å². The van der Waals surface area contributed by atoms with E-state index in [1.807, 2.05) is 0 Å². The van der Waals surface area contributed by atoms with Gasteiger partial charge in [-0.05, 0) is 12.5 Å². The first-order chi connectivity index (χ1) is 10.8. The molecule has 1 heterocycles. The van der Waals surface area contributed by atoms with Crippen molar-refractivity contribution in [2.75, 3.05) is 6.54 Å². The van der Waals surface area contributed by atoms with E-state index in [2.05, 4.69) is 9.71 Å². The fraction of sp³-hybridized carbons (Fsp3) is 0.286. The van der Waals surface area contributed by atoms with E-state index in [0.717, 1.165) is 4.90 Å². The average molecular weight is 339 g/mol. The van der Waals surface area contributed by atoms with Crippen LogP contribution >= 0.6 is 0 Å². The number of aliphatic hydroxyl groups is 1. The van der Waals surface area contributed by atoms with Gasteiger partial charge in [-0.3, -0.25) is 9.52 Å². The minimum atomic E-state index is -3.76. The second kappa shape index (κ2) is 6.80. The summed E-state index contributed by atoms with van der Waals surface area (Å²) in [5.74, 6) is -1.14. The van der Waals surface area contributed by atoms with Gasteiger partial charge in [0.05, 0.1) is 17.6 Å². The summed E-state index contributed by atoms with van der Waals surface area (Å²) in [5.41, 5.74) is 0.501. The number of sulfonamides is 1. The van der Waals surface area contributed by atoms with Gasteiger partial charge in [-0.2, -0.15) is 0 Å². The molecule has 1 aromatic carbocycles. The zero-order chi connectivity index (χ0) is 17.0. The lowest BCUT2D eigenvalue weighted by Crippen LogP contribution is -2.48. The summed E-state index contributed by atoms with van der Waals surface area (Å²) in [6.45, 7) is 1.03. The molecule has 23 heavy (non-hydrogen) atoms. The molecule has 0 saturated heterocycles. The molecule has 0 bridgehead atoms. The molecule has 0 amide bonds. The highest BCUT2D eigenvalue weighted by Crippen LogP contribution is 2.15. The van der Waals surface area contributed by atoms with Gasteiger partial charge in [0.15, 0.2) is 6.23 Å². The molecular formula is C14H17N3O5S. The first kappa shape index (κ1) is 17.0. The lowest BCUT2D eigenvalue weighted by molar-refractivity contribution is -0.138. The number of nitrogens with zero attached hydrogens (tertiary/aromatic N) is 2. The molecule has 0 radical (unpaired) electrons. The van der Waals surface area contributed by atoms with E-state index in [4.69, 9.17) is 5.11 Å². The van der Waals surface area contributed by atoms with Crippen LogP contribution in [0.3, 0.4) is 0 Å². The SMILES string of the molecule is CC1=NC=C(NS(=O)(=O)Cc2ccccc2)C(O)N1CC(=O)O. The van der Waals surface area contributed by atoms with Crippen LogP contribution in [0.1, 0.15) is 12.5 Å². The van der Waals surface area contributed by atoms with Gasteiger partial charge in [0, 0.05) is 0 Å². The molecule has 0 aromatic heterocycles. The Morgan fingerprint density at radius 2 is 2.00 bits per heavy atom. The molecule has 8 nitrogen and oxygen atoms in total. The van der Waals surface area contributed by atoms with Crippen molar-refractivity contribution in [2.24, 2.45) is 4.99 Å². The monoisotopic (exact) mass is 339 g/mol. The number of nitrogens with one attached hydrogen (secondary N) is 1. The molecule has 0 saturated carbocycles. The molecule has 0 spiro atoms. The quantitative estimate of drug-likeness (QED) is 0.675. The fourth-order valence-electron chi connectivity index (χ4n) is 2.08. The Balaban J connectivity index is 2.14. The van der Waals surface area contributed by atoms with Crippen LogP contribution in [0.4, 0.5) is 0 Å². The lowest BCUT2D eigenvalue weighted by Gasteiger charge is -2.32. The van der Waals surface area contributed by atoms with Crippen LogP contribution in [0.2, 0.25) is 0 Å². The Morgan fingerprint density at radius 3 is 2.61 bits per heavy atom. The Bertz CT molecular complexity index is 743. The summed E-state index contributed by atoms with van der Waals surface area (Å²) in [4.78, 5) is 15.8. The third-order valence-electron chi connectivity index (χ3n) is 3.16. The number of aliphatic carboxylic acids is 1. The van der Waals surface area contributed by atoms with Crippen molar-refractivity contribution in [3.63, 3.8) is 0 Å². The normalized spacial score (nSPS) is 18.2. The molecule has 1 aliphatic heterocycles. The van der Waals surface area contributed by atoms with Crippen LogP contribution in [-0.2, 0) is 20.6 Å². The molecule has 1 unspecified atom stereocenters. The largest absolute Gasteiger partial charge is 0.480 e. The molecule has 0 fully saturated rings. The molecule has 1 aliphatic rings. The van der Waals surface area contributed by atoms with Crippen LogP contribution < -0.4 is 4.72 Å². The van der Waals surface area contributed by atoms with Crippen LogP contribution in [0.5, 0.6) is 0 Å². The average Bonchev–Trinajstić information content (AvgIpc) is 2.47. The van der Waals surface area contributed by atoms with E-state index in [-0.39, 0.29) is 17.3 Å². The van der Waals surface area contributed by atoms with Gasteiger partial charge in [0.2, 0.25) is 10.0 Å². The van der Waals surface area contributed by atoms with E-state index in [1.54, 1.807) is 30.3 Å². The third-order valence-corrected chi connectivity index (χ3v) is 4.42. The number of hydrogen-bond donors (Lipinski definition) is 3. The predicted molar refractivity (Wildman–Crippen MR) is 83.7 cm³/mol. The predicted octanol–water partition coefficient (Wildman–Crippen LogP) is 0.0844. The van der Waals surface area contributed by atoms with E-state index < -0.39 is 28.8 Å². The topological polar surface area (TPSA) is 119 Å². The zero-order valence-corrected chi connectivity index (χ0v) is 13.2. The minimum absolute atomic E-state index is 0.0900. The van der Waals surface area contributed by atoms with Gasteiger partial charge in [-0.15, -0.1) is 0 Å². The number of carboxylic acid groups (broad SMARTS) is 1. The molecule has 2 rings (SSSR count). The highest BCUT2D eigenvalue weighted by atomic mass is 32.2. The Kier molecular flexibility index (Phi) is 5.02. The second-order valence-corrected chi connectivity index (χ2v) is 6.73. The summed E-state index contributed by atoms with van der Waals surface area (Å²) < 4.78 is 26.6. The molecule has 124 valence electrons. The number of carbonyl (C=O) groups is 1. The molecule has 1 atom stereocenters. The standard InChI is InChI=1S/C14H17N3O5S/c1-10-15-7-12(14(20)17(10)8-13(18)19)16-23(21,22)9-11-5-3-2-4-6-11/h2-7,14,16,20H,8-9H2,1H3,(H,18,19). The molecular weight excluding hydrogens is 322 g/mol. The van der Waals surface area contributed by atoms with E-state index in [9.17, 15) is 18.3 Å². The highest BCUT2D eigenvalue weighted by Gasteiger charge is 2.28. The smallest absolute Gasteiger partial charge is 0.323 e. The second-order valence-electron chi connectivity index (χ2n) is 5.00. The first-order valence-electron chi connectivity index (χ1n) is 6.74. The van der Waals surface area contributed by atoms with Crippen molar-refractivity contribution in [3.05, 3.63) is 47.8 Å². The van der Waals surface area contributed by atoms with Crippen molar-refractivity contribution in [1.82, 2.24) is 9.62 Å². The number of aliphatic imine (C=N–C) groups is 1. The van der Waals surface area contributed by atoms with Gasteiger partial charge in [-0.1, -0.05) is 30.3 Å². The minimum Gasteiger partial charge on any atom is -0.480 e. The van der Waals surface area contributed by atoms with E-state index >= 15 is 0 Å². The summed E-state index contributed by atoms with van der Waals surface area (Å²) in [6, 6.07) is 8.57. The number of carboxylic acids is 1. The van der Waals surface area contributed by atoms with Crippen molar-refractivity contribution in [2.45, 2.75) is 18.9 Å². The van der Waals surface area contributed by atoms with Gasteiger partial charge < -0.3 is 15.1 Å². The maximum atomic E-state index is 12.2. The van der Waals surface area contributed by atoms with Crippen molar-refractivity contribution >= 4 is 21.8 Å². The first-order valence-corrected chi connectivity index (χ1v) is 8.39. The van der Waals surface area contributed by atoms with E-state index in [1.165, 1.54) is 13.1 Å². The third kappa shape index (κ3) is 4.54. The van der Waals surface area contributed by atoms with Crippen LogP contribution in [0.25, 0.3) is 0 Å². The molecule has 9 heteroatoms. The number of aliphatic hydroxyl groups excluding tert-OH is 1. The maximum Gasteiger partial charge on any atom is 0.323 e. The molecule has 0 aliphatic carbocycles. The summed E-state index contributed by atoms with van der Waals surface area (Å²) in [6.07, 6.45) is -0.241. The van der Waals surface area contributed by atoms with Crippen molar-refractivity contribution < 1.29 is 23.4 Å². The summed E-state index contributed by atoms with van der Waals surface area (Å²) in [7, 11) is -3.76. The fourth-order valence-corrected chi connectivity index (χ4v) is 3.30. The van der Waals surface area contributed by atoms with Crippen molar-refractivity contribution in [3.8, 4) is 0 Å². The Hall–Kier alpha value is -2.39. The number of amidine groups is 1. The summed E-state index contributed by atoms with van der Waals surface area (Å²) >= 11 is 0. The number of rotatable bonds is 6. The van der Waals surface area contributed by atoms with Crippen LogP contribution in [0.15, 0.2) is 47.2 Å². The van der Waals surface area contributed by atoms with Crippen LogP contribution in [0, 0.1) is 0 Å². The summed E-state index contributed by atoms with van der Waals surface area (Å²) in [5, 5.41) is 19.0. The van der Waals surface area contributed by atoms with Gasteiger partial charge in [0.1, 0.15) is 12.4 Å². The zero-order valence-electron chi connectivity index (χ0n) is 12.4. The Morgan fingerprint density at radius 1 is 1.35 bits per heavy atom. The lowest BCUT2D eigenvalue weighted by atomic mass is 10.2. The van der Waals surface area contributed by atoms with Gasteiger partial charge in [0.25, 0.3) is 0 Å². The maximum absolute atomic E-state index is 12.2. The highest BCUT2D eigenvalue weighted by molar-refractivity contribution is 7.88. The van der Waals surface area contributed by atoms with Gasteiger partial charge in [-0.25, -0.2) is 13.4 Å². The number of hydrogen-bond acceptors (Lipinski definition) is 6. The molecule has 3 N–H and O–H groups in total. The van der Waals surface area contributed by atoms with Crippen LogP contribution in [-0.4, -0.2) is 48.1 Å².